The van der Waals surface area contributed by atoms with Gasteiger partial charge in [0.2, 0.25) is 0 Å². The lowest BCUT2D eigenvalue weighted by Gasteiger charge is -2.39. The van der Waals surface area contributed by atoms with E-state index in [1.807, 2.05) is 62.4 Å². The molecule has 1 amide bonds. The number of amides is 1. The minimum Gasteiger partial charge on any atom is -0.423 e. The van der Waals surface area contributed by atoms with Crippen molar-refractivity contribution in [1.82, 2.24) is 19.7 Å². The van der Waals surface area contributed by atoms with E-state index in [2.05, 4.69) is 14.8 Å². The lowest BCUT2D eigenvalue weighted by Crippen LogP contribution is -2.48. The number of ether oxygens (including phenoxy) is 1. The predicted octanol–water partition coefficient (Wildman–Crippen LogP) is 5.44. The molecule has 44 heavy (non-hydrogen) atoms. The molecule has 8 nitrogen and oxygen atoms in total. The highest BCUT2D eigenvalue weighted by Crippen LogP contribution is 2.30. The third-order valence-corrected chi connectivity index (χ3v) is 7.77. The summed E-state index contributed by atoms with van der Waals surface area (Å²) >= 11 is 0. The smallest absolute Gasteiger partial charge is 0.416 e. The van der Waals surface area contributed by atoms with Crippen LogP contribution in [-0.4, -0.2) is 85.4 Å². The number of anilines is 2. The molecular weight excluding hydrogens is 571 g/mol. The van der Waals surface area contributed by atoms with E-state index in [-0.39, 0.29) is 24.8 Å². The van der Waals surface area contributed by atoms with Crippen molar-refractivity contribution in [2.24, 2.45) is 0 Å². The second-order valence-electron chi connectivity index (χ2n) is 11.1. The first-order valence-electron chi connectivity index (χ1n) is 14.4. The van der Waals surface area contributed by atoms with Gasteiger partial charge in [0, 0.05) is 69.6 Å². The molecule has 0 bridgehead atoms. The minimum atomic E-state index is -4.49. The number of aromatic nitrogens is 1. The summed E-state index contributed by atoms with van der Waals surface area (Å²) in [4.78, 5) is 37.7. The molecule has 1 aromatic heterocycles. The molecule has 2 heterocycles. The van der Waals surface area contributed by atoms with Crippen molar-refractivity contribution in [3.05, 3.63) is 95.5 Å². The molecule has 1 aliphatic rings. The number of carbonyl (C=O) groups excluding carboxylic acids is 2. The number of rotatable bonds is 12. The second-order valence-corrected chi connectivity index (χ2v) is 11.1. The molecule has 0 aliphatic carbocycles. The van der Waals surface area contributed by atoms with Gasteiger partial charge in [-0.05, 0) is 80.5 Å². The second kappa shape index (κ2) is 15.0. The molecule has 234 valence electrons. The number of likely N-dealkylation sites (N-methyl/N-ethyl adjacent to an activating group) is 1. The summed E-state index contributed by atoms with van der Waals surface area (Å²) in [5.41, 5.74) is 2.33. The Bertz CT molecular complexity index is 1390. The minimum absolute atomic E-state index is 0.122. The molecule has 1 saturated heterocycles. The molecule has 0 saturated carbocycles. The number of likely N-dealkylation sites (tertiary alicyclic amines) is 1. The Kier molecular flexibility index (Phi) is 11.1. The average molecular weight is 610 g/mol. The van der Waals surface area contributed by atoms with E-state index in [1.54, 1.807) is 17.3 Å². The predicted molar refractivity (Wildman–Crippen MR) is 164 cm³/mol. The van der Waals surface area contributed by atoms with E-state index in [0.29, 0.717) is 5.56 Å². The maximum absolute atomic E-state index is 14.0. The molecule has 1 fully saturated rings. The van der Waals surface area contributed by atoms with Crippen molar-refractivity contribution in [2.75, 3.05) is 52.2 Å². The Morgan fingerprint density at radius 3 is 2.14 bits per heavy atom. The van der Waals surface area contributed by atoms with Gasteiger partial charge in [0.05, 0.1) is 5.56 Å². The third kappa shape index (κ3) is 8.90. The van der Waals surface area contributed by atoms with Crippen molar-refractivity contribution >= 4 is 29.8 Å². The number of halogens is 3. The highest BCUT2D eigenvalue weighted by Gasteiger charge is 2.32. The number of hydrogen-bond donors (Lipinski definition) is 0. The van der Waals surface area contributed by atoms with E-state index in [9.17, 15) is 22.8 Å². The summed E-state index contributed by atoms with van der Waals surface area (Å²) in [5.74, 6) is -0.745. The fraction of sp³-hybridized carbons (Fsp3) is 0.364. The van der Waals surface area contributed by atoms with Crippen LogP contribution in [0.2, 0.25) is 0 Å². The SMILES string of the molecule is CN(C)CCN1CCC(N(Cc2ccc(N(C)c3ccncc3)cc2)C(=O)/C(=C\c2ccc(C(F)(F)F)cc2)OC=O)CC1. The van der Waals surface area contributed by atoms with Crippen LogP contribution in [0.3, 0.4) is 0 Å². The zero-order valence-corrected chi connectivity index (χ0v) is 25.2. The Labute approximate surface area is 256 Å². The van der Waals surface area contributed by atoms with E-state index < -0.39 is 17.6 Å². The number of piperidine rings is 1. The summed E-state index contributed by atoms with van der Waals surface area (Å²) in [6.07, 6.45) is 1.75. The van der Waals surface area contributed by atoms with Crippen LogP contribution in [0.15, 0.2) is 78.8 Å². The summed E-state index contributed by atoms with van der Waals surface area (Å²) in [6.45, 7) is 3.91. The lowest BCUT2D eigenvalue weighted by molar-refractivity contribution is -0.139. The average Bonchev–Trinajstić information content (AvgIpc) is 3.02. The van der Waals surface area contributed by atoms with Gasteiger partial charge in [0.15, 0.2) is 5.76 Å². The highest BCUT2D eigenvalue weighted by atomic mass is 19.4. The van der Waals surface area contributed by atoms with Crippen LogP contribution < -0.4 is 4.90 Å². The van der Waals surface area contributed by atoms with Crippen LogP contribution >= 0.6 is 0 Å². The van der Waals surface area contributed by atoms with E-state index in [1.165, 1.54) is 18.2 Å². The molecule has 0 atom stereocenters. The molecule has 0 unspecified atom stereocenters. The Balaban J connectivity index is 1.58. The van der Waals surface area contributed by atoms with Crippen LogP contribution in [0.1, 0.15) is 29.5 Å². The maximum Gasteiger partial charge on any atom is 0.416 e. The van der Waals surface area contributed by atoms with Gasteiger partial charge in [-0.3, -0.25) is 14.6 Å². The number of nitrogens with zero attached hydrogens (tertiary/aromatic N) is 5. The van der Waals surface area contributed by atoms with Crippen LogP contribution in [0.4, 0.5) is 24.5 Å². The van der Waals surface area contributed by atoms with Gasteiger partial charge in [-0.25, -0.2) is 0 Å². The molecule has 2 aromatic carbocycles. The quantitative estimate of drug-likeness (QED) is 0.154. The Morgan fingerprint density at radius 2 is 1.57 bits per heavy atom. The number of pyridine rings is 1. The van der Waals surface area contributed by atoms with Crippen molar-refractivity contribution < 1.29 is 27.5 Å². The normalized spacial score (nSPS) is 14.8. The zero-order valence-electron chi connectivity index (χ0n) is 25.2. The first-order valence-corrected chi connectivity index (χ1v) is 14.4. The first kappa shape index (κ1) is 32.7. The van der Waals surface area contributed by atoms with E-state index in [0.717, 1.165) is 68.1 Å². The number of benzene rings is 2. The van der Waals surface area contributed by atoms with Gasteiger partial charge < -0.3 is 24.3 Å². The Morgan fingerprint density at radius 1 is 0.955 bits per heavy atom. The van der Waals surface area contributed by atoms with Gasteiger partial charge in [-0.15, -0.1) is 0 Å². The molecule has 11 heteroatoms. The largest absolute Gasteiger partial charge is 0.423 e. The van der Waals surface area contributed by atoms with Gasteiger partial charge >= 0.3 is 6.18 Å². The molecule has 4 rings (SSSR count). The monoisotopic (exact) mass is 609 g/mol. The van der Waals surface area contributed by atoms with Crippen molar-refractivity contribution in [3.8, 4) is 0 Å². The van der Waals surface area contributed by atoms with E-state index >= 15 is 0 Å². The molecule has 0 radical (unpaired) electrons. The van der Waals surface area contributed by atoms with Crippen LogP contribution in [0, 0.1) is 0 Å². The summed E-state index contributed by atoms with van der Waals surface area (Å²) in [7, 11) is 6.02. The third-order valence-electron chi connectivity index (χ3n) is 7.77. The van der Waals surface area contributed by atoms with Gasteiger partial charge in [0.25, 0.3) is 12.4 Å². The first-order chi connectivity index (χ1) is 21.0. The molecular formula is C33H38F3N5O3. The van der Waals surface area contributed by atoms with Crippen LogP contribution in [-0.2, 0) is 27.0 Å². The highest BCUT2D eigenvalue weighted by molar-refractivity contribution is 5.97. The fourth-order valence-corrected chi connectivity index (χ4v) is 5.16. The van der Waals surface area contributed by atoms with Gasteiger partial charge in [-0.1, -0.05) is 24.3 Å². The van der Waals surface area contributed by atoms with Gasteiger partial charge in [-0.2, -0.15) is 13.2 Å². The molecule has 3 aromatic rings. The van der Waals surface area contributed by atoms with Crippen molar-refractivity contribution in [1.29, 1.82) is 0 Å². The number of carbonyl (C=O) groups is 2. The van der Waals surface area contributed by atoms with Crippen molar-refractivity contribution in [2.45, 2.75) is 31.6 Å². The standard InChI is InChI=1S/C33H38F3N5O3/c1-38(2)20-21-40-18-14-30(15-19-40)41(23-26-6-10-28(11-7-26)39(3)29-12-16-37-17-13-29)32(43)31(44-24-42)22-25-4-8-27(9-5-25)33(34,35)36/h4-13,16-17,22,24,30H,14-15,18-21,23H2,1-3H3/b31-22+. The molecule has 0 spiro atoms. The number of alkyl halides is 3. The molecule has 1 aliphatic heterocycles. The van der Waals surface area contributed by atoms with Gasteiger partial charge in [0.1, 0.15) is 0 Å². The topological polar surface area (TPSA) is 69.2 Å². The maximum atomic E-state index is 14.0. The van der Waals surface area contributed by atoms with Crippen LogP contribution in [0.5, 0.6) is 0 Å². The summed E-state index contributed by atoms with van der Waals surface area (Å²) in [6, 6.07) is 15.9. The summed E-state index contributed by atoms with van der Waals surface area (Å²) in [5, 5.41) is 0. The summed E-state index contributed by atoms with van der Waals surface area (Å²) < 4.78 is 44.3. The molecule has 0 N–H and O–H groups in total. The lowest BCUT2D eigenvalue weighted by atomic mass is 10.0. The Hall–Kier alpha value is -4.22. The van der Waals surface area contributed by atoms with Crippen LogP contribution in [0.25, 0.3) is 6.08 Å². The zero-order chi connectivity index (χ0) is 31.7. The fourth-order valence-electron chi connectivity index (χ4n) is 5.16. The van der Waals surface area contributed by atoms with Crippen molar-refractivity contribution in [3.63, 3.8) is 0 Å². The van der Waals surface area contributed by atoms with E-state index in [4.69, 9.17) is 4.74 Å². The number of hydrogen-bond acceptors (Lipinski definition) is 7.